The van der Waals surface area contributed by atoms with Gasteiger partial charge in [0.15, 0.2) is 0 Å². The lowest BCUT2D eigenvalue weighted by Crippen LogP contribution is -2.05. The van der Waals surface area contributed by atoms with Crippen molar-refractivity contribution in [3.8, 4) is 6.07 Å². The minimum absolute atomic E-state index is 0.0250. The Kier molecular flexibility index (Phi) is 4.21. The number of anilines is 1. The highest BCUT2D eigenvalue weighted by atomic mass is 35.5. The molecule has 0 aliphatic rings. The molecule has 5 heteroatoms. The molecule has 20 heavy (non-hydrogen) atoms. The molecular formula is C15H11ClF2N2. The van der Waals surface area contributed by atoms with Crippen molar-refractivity contribution in [3.05, 3.63) is 63.7 Å². The topological polar surface area (TPSA) is 35.8 Å². The maximum atomic E-state index is 13.7. The summed E-state index contributed by atoms with van der Waals surface area (Å²) in [6.07, 6.45) is 0. The normalized spacial score (nSPS) is 10.2. The van der Waals surface area contributed by atoms with Crippen LogP contribution in [0.25, 0.3) is 0 Å². The van der Waals surface area contributed by atoms with Crippen LogP contribution in [0.4, 0.5) is 14.5 Å². The fraction of sp³-hybridized carbons (Fsp3) is 0.133. The van der Waals surface area contributed by atoms with Gasteiger partial charge in [0.1, 0.15) is 11.6 Å². The molecule has 0 amide bonds. The second-order valence-corrected chi connectivity index (χ2v) is 4.75. The second kappa shape index (κ2) is 5.89. The Labute approximate surface area is 120 Å². The zero-order chi connectivity index (χ0) is 14.7. The molecule has 2 rings (SSSR count). The standard InChI is InChI=1S/C15H11ClF2N2/c1-9-2-3-11(6-13(9)16)20-8-12-14(17)4-10(7-19)5-15(12)18/h2-6,20H,8H2,1H3. The van der Waals surface area contributed by atoms with Crippen molar-refractivity contribution >= 4 is 17.3 Å². The molecule has 0 aromatic heterocycles. The molecule has 102 valence electrons. The summed E-state index contributed by atoms with van der Waals surface area (Å²) in [7, 11) is 0. The Morgan fingerprint density at radius 3 is 2.40 bits per heavy atom. The van der Waals surface area contributed by atoms with Gasteiger partial charge in [-0.1, -0.05) is 17.7 Å². The largest absolute Gasteiger partial charge is 0.381 e. The average molecular weight is 293 g/mol. The van der Waals surface area contributed by atoms with Gasteiger partial charge in [-0.05, 0) is 36.8 Å². The van der Waals surface area contributed by atoms with Crippen molar-refractivity contribution in [1.82, 2.24) is 0 Å². The predicted molar refractivity (Wildman–Crippen MR) is 74.6 cm³/mol. The maximum absolute atomic E-state index is 13.7. The van der Waals surface area contributed by atoms with Crippen LogP contribution in [0, 0.1) is 29.9 Å². The quantitative estimate of drug-likeness (QED) is 0.909. The number of benzene rings is 2. The van der Waals surface area contributed by atoms with Gasteiger partial charge >= 0.3 is 0 Å². The van der Waals surface area contributed by atoms with E-state index in [1.54, 1.807) is 18.2 Å². The molecule has 0 aliphatic carbocycles. The third kappa shape index (κ3) is 3.06. The van der Waals surface area contributed by atoms with E-state index in [-0.39, 0.29) is 17.7 Å². The van der Waals surface area contributed by atoms with E-state index in [2.05, 4.69) is 5.32 Å². The van der Waals surface area contributed by atoms with E-state index in [1.165, 1.54) is 0 Å². The smallest absolute Gasteiger partial charge is 0.132 e. The molecule has 2 nitrogen and oxygen atoms in total. The van der Waals surface area contributed by atoms with Gasteiger partial charge in [0.05, 0.1) is 11.6 Å². The van der Waals surface area contributed by atoms with Gasteiger partial charge < -0.3 is 5.32 Å². The van der Waals surface area contributed by atoms with Crippen LogP contribution in [0.1, 0.15) is 16.7 Å². The van der Waals surface area contributed by atoms with Crippen LogP contribution in [-0.2, 0) is 6.54 Å². The second-order valence-electron chi connectivity index (χ2n) is 4.35. The Hall–Kier alpha value is -2.12. The number of halogens is 3. The van der Waals surface area contributed by atoms with E-state index in [0.29, 0.717) is 10.7 Å². The van der Waals surface area contributed by atoms with Crippen LogP contribution < -0.4 is 5.32 Å². The molecule has 0 atom stereocenters. The third-order valence-corrected chi connectivity index (χ3v) is 3.32. The number of hydrogen-bond donors (Lipinski definition) is 1. The molecule has 0 aliphatic heterocycles. The Morgan fingerprint density at radius 2 is 1.85 bits per heavy atom. The highest BCUT2D eigenvalue weighted by molar-refractivity contribution is 6.31. The number of hydrogen-bond acceptors (Lipinski definition) is 2. The number of rotatable bonds is 3. The van der Waals surface area contributed by atoms with E-state index in [0.717, 1.165) is 17.7 Å². The van der Waals surface area contributed by atoms with Gasteiger partial charge in [0.2, 0.25) is 0 Å². The minimum Gasteiger partial charge on any atom is -0.381 e. The van der Waals surface area contributed by atoms with Crippen LogP contribution in [-0.4, -0.2) is 0 Å². The summed E-state index contributed by atoms with van der Waals surface area (Å²) in [6.45, 7) is 1.84. The van der Waals surface area contributed by atoms with Gasteiger partial charge in [0.25, 0.3) is 0 Å². The Balaban J connectivity index is 2.19. The first-order valence-electron chi connectivity index (χ1n) is 5.89. The lowest BCUT2D eigenvalue weighted by atomic mass is 10.1. The highest BCUT2D eigenvalue weighted by Crippen LogP contribution is 2.22. The van der Waals surface area contributed by atoms with Crippen LogP contribution >= 0.6 is 11.6 Å². The summed E-state index contributed by atoms with van der Waals surface area (Å²) in [6, 6.07) is 9.02. The number of nitrogens with zero attached hydrogens (tertiary/aromatic N) is 1. The Bertz CT molecular complexity index is 670. The molecule has 0 fully saturated rings. The summed E-state index contributed by atoms with van der Waals surface area (Å²) in [5.41, 5.74) is 1.44. The van der Waals surface area contributed by atoms with Crippen LogP contribution in [0.15, 0.2) is 30.3 Å². The number of nitriles is 1. The molecule has 2 aromatic rings. The number of nitrogens with one attached hydrogen (secondary N) is 1. The van der Waals surface area contributed by atoms with Crippen molar-refractivity contribution in [2.75, 3.05) is 5.32 Å². The first-order chi connectivity index (χ1) is 9.51. The molecule has 0 spiro atoms. The molecular weight excluding hydrogens is 282 g/mol. The molecule has 2 aromatic carbocycles. The zero-order valence-corrected chi connectivity index (χ0v) is 11.4. The predicted octanol–water partition coefficient (Wildman–Crippen LogP) is 4.41. The van der Waals surface area contributed by atoms with E-state index in [9.17, 15) is 8.78 Å². The van der Waals surface area contributed by atoms with Crippen LogP contribution in [0.2, 0.25) is 5.02 Å². The van der Waals surface area contributed by atoms with E-state index in [4.69, 9.17) is 16.9 Å². The summed E-state index contributed by atoms with van der Waals surface area (Å²) >= 11 is 5.97. The molecule has 0 heterocycles. The molecule has 0 radical (unpaired) electrons. The van der Waals surface area contributed by atoms with E-state index in [1.807, 2.05) is 13.0 Å². The van der Waals surface area contributed by atoms with Crippen molar-refractivity contribution in [2.45, 2.75) is 13.5 Å². The Morgan fingerprint density at radius 1 is 1.20 bits per heavy atom. The van der Waals surface area contributed by atoms with E-state index >= 15 is 0 Å². The molecule has 0 unspecified atom stereocenters. The van der Waals surface area contributed by atoms with Gasteiger partial charge in [-0.3, -0.25) is 0 Å². The summed E-state index contributed by atoms with van der Waals surface area (Å²) in [5, 5.41) is 12.1. The minimum atomic E-state index is -0.743. The molecule has 0 saturated heterocycles. The zero-order valence-electron chi connectivity index (χ0n) is 10.7. The monoisotopic (exact) mass is 292 g/mol. The van der Waals surface area contributed by atoms with Gasteiger partial charge in [-0.15, -0.1) is 0 Å². The van der Waals surface area contributed by atoms with Crippen LogP contribution in [0.5, 0.6) is 0 Å². The van der Waals surface area contributed by atoms with Crippen molar-refractivity contribution in [2.24, 2.45) is 0 Å². The summed E-state index contributed by atoms with van der Waals surface area (Å²) in [4.78, 5) is 0. The highest BCUT2D eigenvalue weighted by Gasteiger charge is 2.11. The maximum Gasteiger partial charge on any atom is 0.132 e. The molecule has 0 saturated carbocycles. The van der Waals surface area contributed by atoms with Crippen LogP contribution in [0.3, 0.4) is 0 Å². The molecule has 1 N–H and O–H groups in total. The molecule has 0 bridgehead atoms. The van der Waals surface area contributed by atoms with Crippen molar-refractivity contribution < 1.29 is 8.78 Å². The van der Waals surface area contributed by atoms with Gasteiger partial charge in [-0.2, -0.15) is 5.26 Å². The van der Waals surface area contributed by atoms with E-state index < -0.39 is 11.6 Å². The third-order valence-electron chi connectivity index (χ3n) is 2.91. The SMILES string of the molecule is Cc1ccc(NCc2c(F)cc(C#N)cc2F)cc1Cl. The summed E-state index contributed by atoms with van der Waals surface area (Å²) < 4.78 is 27.4. The van der Waals surface area contributed by atoms with Gasteiger partial charge in [-0.25, -0.2) is 8.78 Å². The fourth-order valence-corrected chi connectivity index (χ4v) is 1.91. The fourth-order valence-electron chi connectivity index (χ4n) is 1.73. The van der Waals surface area contributed by atoms with Crippen molar-refractivity contribution in [3.63, 3.8) is 0 Å². The lowest BCUT2D eigenvalue weighted by molar-refractivity contribution is 0.559. The average Bonchev–Trinajstić information content (AvgIpc) is 2.41. The number of aryl methyl sites for hydroxylation is 1. The lowest BCUT2D eigenvalue weighted by Gasteiger charge is -2.10. The van der Waals surface area contributed by atoms with Gasteiger partial charge in [0, 0.05) is 22.8 Å². The first-order valence-corrected chi connectivity index (χ1v) is 6.27. The first kappa shape index (κ1) is 14.3. The van der Waals surface area contributed by atoms with Crippen molar-refractivity contribution in [1.29, 1.82) is 5.26 Å². The summed E-state index contributed by atoms with van der Waals surface area (Å²) in [5.74, 6) is -1.49.